The summed E-state index contributed by atoms with van der Waals surface area (Å²) in [6.07, 6.45) is 8.05. The predicted molar refractivity (Wildman–Crippen MR) is 74.0 cm³/mol. The first-order valence-corrected chi connectivity index (χ1v) is 6.45. The van der Waals surface area contributed by atoms with Gasteiger partial charge >= 0.3 is 5.97 Å². The van der Waals surface area contributed by atoms with Crippen LogP contribution in [0, 0.1) is 0 Å². The Balaban J connectivity index is 2.14. The first-order chi connectivity index (χ1) is 9.20. The fraction of sp³-hybridized carbons (Fsp3) is 0.267. The summed E-state index contributed by atoms with van der Waals surface area (Å²) in [5, 5.41) is 0.569. The zero-order valence-corrected chi connectivity index (χ0v) is 11.4. The summed E-state index contributed by atoms with van der Waals surface area (Å²) in [6, 6.07) is 5.04. The van der Waals surface area contributed by atoms with Gasteiger partial charge in [-0.3, -0.25) is 0 Å². The highest BCUT2D eigenvalue weighted by atomic mass is 35.5. The molecule has 0 N–H and O–H groups in total. The molecule has 0 unspecified atom stereocenters. The van der Waals surface area contributed by atoms with Gasteiger partial charge in [0.1, 0.15) is 12.4 Å². The van der Waals surface area contributed by atoms with Crippen LogP contribution in [-0.2, 0) is 16.1 Å². The maximum absolute atomic E-state index is 11.6. The highest BCUT2D eigenvalue weighted by Gasteiger charge is 2.13. The van der Waals surface area contributed by atoms with Crippen LogP contribution in [-0.4, -0.2) is 13.1 Å². The zero-order chi connectivity index (χ0) is 13.7. The predicted octanol–water partition coefficient (Wildman–Crippen LogP) is 3.88. The van der Waals surface area contributed by atoms with Crippen molar-refractivity contribution in [3.8, 4) is 0 Å². The molecule has 2 rings (SSSR count). The van der Waals surface area contributed by atoms with Crippen molar-refractivity contribution in [2.24, 2.45) is 0 Å². The topological polar surface area (TPSA) is 35.5 Å². The highest BCUT2D eigenvalue weighted by molar-refractivity contribution is 6.30. The molecule has 1 aliphatic carbocycles. The minimum Gasteiger partial charge on any atom is -0.489 e. The second-order valence-electron chi connectivity index (χ2n) is 4.17. The number of allylic oxidation sites excluding steroid dienone is 3. The Labute approximate surface area is 117 Å². The summed E-state index contributed by atoms with van der Waals surface area (Å²) in [5.41, 5.74) is 1.20. The van der Waals surface area contributed by atoms with Crippen LogP contribution in [0.3, 0.4) is 0 Å². The molecule has 1 aromatic rings. The van der Waals surface area contributed by atoms with Crippen molar-refractivity contribution in [2.75, 3.05) is 7.11 Å². The van der Waals surface area contributed by atoms with Gasteiger partial charge < -0.3 is 9.47 Å². The quantitative estimate of drug-likeness (QED) is 0.784. The van der Waals surface area contributed by atoms with Gasteiger partial charge in [-0.05, 0) is 43.2 Å². The van der Waals surface area contributed by atoms with Crippen LogP contribution in [0.25, 0.3) is 0 Å². The Hall–Kier alpha value is -1.74. The van der Waals surface area contributed by atoms with Crippen LogP contribution in [0.2, 0.25) is 5.02 Å². The molecule has 0 heterocycles. The van der Waals surface area contributed by atoms with E-state index in [1.807, 2.05) is 12.2 Å². The van der Waals surface area contributed by atoms with E-state index in [-0.39, 0.29) is 5.97 Å². The first kappa shape index (κ1) is 13.7. The summed E-state index contributed by atoms with van der Waals surface area (Å²) in [5.74, 6) is 0.436. The van der Waals surface area contributed by atoms with Gasteiger partial charge in [-0.15, -0.1) is 0 Å². The van der Waals surface area contributed by atoms with Crippen molar-refractivity contribution >= 4 is 17.6 Å². The van der Waals surface area contributed by atoms with Crippen molar-refractivity contribution < 1.29 is 14.3 Å². The molecule has 0 aromatic heterocycles. The maximum atomic E-state index is 11.6. The van der Waals surface area contributed by atoms with Crippen LogP contribution < -0.4 is 0 Å². The van der Waals surface area contributed by atoms with E-state index in [1.165, 1.54) is 7.11 Å². The molecule has 0 aliphatic heterocycles. The van der Waals surface area contributed by atoms with E-state index in [2.05, 4.69) is 6.08 Å². The number of halogens is 1. The second kappa shape index (κ2) is 6.43. The fourth-order valence-electron chi connectivity index (χ4n) is 1.85. The normalized spacial score (nSPS) is 13.9. The van der Waals surface area contributed by atoms with Gasteiger partial charge in [0.2, 0.25) is 0 Å². The van der Waals surface area contributed by atoms with Crippen LogP contribution in [0.5, 0.6) is 0 Å². The number of carbonyl (C=O) groups is 1. The van der Waals surface area contributed by atoms with E-state index in [0.717, 1.165) is 24.2 Å². The van der Waals surface area contributed by atoms with Crippen LogP contribution in [0.15, 0.2) is 42.2 Å². The van der Waals surface area contributed by atoms with Crippen molar-refractivity contribution in [3.63, 3.8) is 0 Å². The summed E-state index contributed by atoms with van der Waals surface area (Å²) in [6.45, 7) is 0.293. The summed E-state index contributed by atoms with van der Waals surface area (Å²) >= 11 is 5.95. The Morgan fingerprint density at radius 2 is 2.21 bits per heavy atom. The van der Waals surface area contributed by atoms with E-state index in [9.17, 15) is 4.79 Å². The lowest BCUT2D eigenvalue weighted by atomic mass is 10.1. The van der Waals surface area contributed by atoms with E-state index >= 15 is 0 Å². The number of ether oxygens (including phenoxy) is 2. The molecule has 0 saturated carbocycles. The van der Waals surface area contributed by atoms with E-state index in [0.29, 0.717) is 17.2 Å². The smallest absolute Gasteiger partial charge is 0.338 e. The van der Waals surface area contributed by atoms with Crippen LogP contribution >= 0.6 is 11.6 Å². The summed E-state index contributed by atoms with van der Waals surface area (Å²) < 4.78 is 10.4. The number of hydrogen-bond acceptors (Lipinski definition) is 3. The number of carbonyl (C=O) groups excluding carboxylic acids is 1. The molecule has 0 atom stereocenters. The fourth-order valence-corrected chi connectivity index (χ4v) is 2.04. The third-order valence-electron chi connectivity index (χ3n) is 2.83. The van der Waals surface area contributed by atoms with Gasteiger partial charge in [0.25, 0.3) is 0 Å². The average molecular weight is 279 g/mol. The van der Waals surface area contributed by atoms with E-state index in [4.69, 9.17) is 21.1 Å². The Morgan fingerprint density at radius 3 is 2.89 bits per heavy atom. The number of hydrogen-bond donors (Lipinski definition) is 0. The number of esters is 1. The molecule has 100 valence electrons. The lowest BCUT2D eigenvalue weighted by Crippen LogP contribution is -2.07. The Bertz CT molecular complexity index is 532. The van der Waals surface area contributed by atoms with E-state index < -0.39 is 0 Å². The third-order valence-corrected chi connectivity index (χ3v) is 3.06. The monoisotopic (exact) mass is 278 g/mol. The zero-order valence-electron chi connectivity index (χ0n) is 10.7. The molecule has 3 nitrogen and oxygen atoms in total. The molecule has 0 saturated heterocycles. The largest absolute Gasteiger partial charge is 0.489 e. The molecule has 4 heteroatoms. The molecule has 1 aromatic carbocycles. The molecule has 0 amide bonds. The highest BCUT2D eigenvalue weighted by Crippen LogP contribution is 2.20. The molecule has 1 aliphatic rings. The second-order valence-corrected chi connectivity index (χ2v) is 4.60. The van der Waals surface area contributed by atoms with Crippen LogP contribution in [0.1, 0.15) is 28.8 Å². The maximum Gasteiger partial charge on any atom is 0.338 e. The number of rotatable bonds is 4. The van der Waals surface area contributed by atoms with Gasteiger partial charge in [0.15, 0.2) is 0 Å². The molecule has 0 bridgehead atoms. The first-order valence-electron chi connectivity index (χ1n) is 6.07. The summed E-state index contributed by atoms with van der Waals surface area (Å²) in [7, 11) is 1.36. The van der Waals surface area contributed by atoms with E-state index in [1.54, 1.807) is 18.2 Å². The molecule has 0 spiro atoms. The minimum absolute atomic E-state index is 0.293. The Morgan fingerprint density at radius 1 is 1.37 bits per heavy atom. The molecular weight excluding hydrogens is 264 g/mol. The van der Waals surface area contributed by atoms with Crippen LogP contribution in [0.4, 0.5) is 0 Å². The van der Waals surface area contributed by atoms with Gasteiger partial charge in [0.05, 0.1) is 12.7 Å². The SMILES string of the molecule is COC(=O)c1ccc(Cl)cc1COC1=CCCC=C1. The van der Waals surface area contributed by atoms with Gasteiger partial charge in [0, 0.05) is 10.6 Å². The van der Waals surface area contributed by atoms with Crippen molar-refractivity contribution in [1.82, 2.24) is 0 Å². The number of methoxy groups -OCH3 is 1. The minimum atomic E-state index is -0.386. The lowest BCUT2D eigenvalue weighted by molar-refractivity contribution is 0.0596. The number of benzene rings is 1. The van der Waals surface area contributed by atoms with Crippen molar-refractivity contribution in [2.45, 2.75) is 19.4 Å². The van der Waals surface area contributed by atoms with Crippen molar-refractivity contribution in [1.29, 1.82) is 0 Å². The Kier molecular flexibility index (Phi) is 4.63. The van der Waals surface area contributed by atoms with Crippen molar-refractivity contribution in [3.05, 3.63) is 58.3 Å². The standard InChI is InChI=1S/C15H15ClO3/c1-18-15(17)14-8-7-12(16)9-11(14)10-19-13-5-3-2-4-6-13/h3,5-9H,2,4,10H2,1H3. The molecule has 0 fully saturated rings. The summed E-state index contributed by atoms with van der Waals surface area (Å²) in [4.78, 5) is 11.6. The van der Waals surface area contributed by atoms with Gasteiger partial charge in [-0.2, -0.15) is 0 Å². The molecule has 19 heavy (non-hydrogen) atoms. The van der Waals surface area contributed by atoms with Gasteiger partial charge in [-0.25, -0.2) is 4.79 Å². The van der Waals surface area contributed by atoms with Gasteiger partial charge in [-0.1, -0.05) is 17.7 Å². The third kappa shape index (κ3) is 3.61. The lowest BCUT2D eigenvalue weighted by Gasteiger charge is -2.12. The molecule has 0 radical (unpaired) electrons. The molecular formula is C15H15ClO3. The average Bonchev–Trinajstić information content (AvgIpc) is 2.45.